The van der Waals surface area contributed by atoms with Gasteiger partial charge in [-0.25, -0.2) is 0 Å². The van der Waals surface area contributed by atoms with Crippen molar-refractivity contribution in [3.05, 3.63) is 121 Å². The van der Waals surface area contributed by atoms with E-state index in [1.165, 1.54) is 12.8 Å². The molecule has 0 fully saturated rings. The molecular formula is C45H74O2S. The SMILES string of the molecule is C=Cc1ccc(OS(O/C(C)=C/C=C\C)(c2ccccc2)c2ccccc2)cc1.CC.CC.CC.CC(C)(C)C.CC(C)CCC(C)C. The fourth-order valence-corrected chi connectivity index (χ4v) is 5.98. The number of rotatable bonds is 11. The first-order valence-electron chi connectivity index (χ1n) is 18.1. The van der Waals surface area contributed by atoms with Gasteiger partial charge in [0.05, 0.1) is 9.79 Å². The summed E-state index contributed by atoms with van der Waals surface area (Å²) in [5.74, 6) is 3.31. The van der Waals surface area contributed by atoms with Gasteiger partial charge >= 0.3 is 0 Å². The molecule has 2 nitrogen and oxygen atoms in total. The van der Waals surface area contributed by atoms with Gasteiger partial charge in [-0.15, -0.1) is 0 Å². The Labute approximate surface area is 301 Å². The maximum absolute atomic E-state index is 6.69. The average molecular weight is 679 g/mol. The summed E-state index contributed by atoms with van der Waals surface area (Å²) in [5.41, 5.74) is 1.54. The first-order valence-corrected chi connectivity index (χ1v) is 19.6. The summed E-state index contributed by atoms with van der Waals surface area (Å²) in [5, 5.41) is 0. The fourth-order valence-electron chi connectivity index (χ4n) is 3.45. The van der Waals surface area contributed by atoms with Gasteiger partial charge in [-0.1, -0.05) is 194 Å². The molecule has 272 valence electrons. The van der Waals surface area contributed by atoms with Crippen molar-refractivity contribution >= 4 is 16.7 Å². The molecule has 0 radical (unpaired) electrons. The van der Waals surface area contributed by atoms with Gasteiger partial charge in [0.25, 0.3) is 0 Å². The Bertz CT molecular complexity index is 1130. The molecule has 0 N–H and O–H groups in total. The Morgan fingerprint density at radius 2 is 1.06 bits per heavy atom. The molecule has 0 amide bonds. The zero-order chi connectivity index (χ0) is 37.6. The molecule has 0 saturated heterocycles. The smallest absolute Gasteiger partial charge is 0.153 e. The molecule has 0 aliphatic rings. The van der Waals surface area contributed by atoms with Crippen LogP contribution >= 0.6 is 10.6 Å². The predicted molar refractivity (Wildman–Crippen MR) is 222 cm³/mol. The molecule has 0 atom stereocenters. The van der Waals surface area contributed by atoms with Crippen LogP contribution in [0.5, 0.6) is 5.75 Å². The van der Waals surface area contributed by atoms with Crippen LogP contribution in [-0.4, -0.2) is 0 Å². The Balaban J connectivity index is -0.000000884. The molecule has 0 aliphatic carbocycles. The molecule has 3 rings (SSSR count). The second-order valence-corrected chi connectivity index (χ2v) is 15.0. The monoisotopic (exact) mass is 679 g/mol. The highest BCUT2D eigenvalue weighted by Crippen LogP contribution is 2.64. The predicted octanol–water partition coefficient (Wildman–Crippen LogP) is 16.2. The van der Waals surface area contributed by atoms with Gasteiger partial charge < -0.3 is 8.37 Å². The van der Waals surface area contributed by atoms with Crippen LogP contribution in [0.15, 0.2) is 125 Å². The molecule has 3 aromatic rings. The summed E-state index contributed by atoms with van der Waals surface area (Å²) in [6, 6.07) is 28.2. The van der Waals surface area contributed by atoms with E-state index >= 15 is 0 Å². The minimum Gasteiger partial charge on any atom is -0.379 e. The Kier molecular flexibility index (Phi) is 30.7. The molecule has 3 heteroatoms. The van der Waals surface area contributed by atoms with Crippen LogP contribution in [0.2, 0.25) is 0 Å². The second kappa shape index (κ2) is 29.9. The number of benzene rings is 3. The normalized spacial score (nSPS) is 11.1. The van der Waals surface area contributed by atoms with E-state index in [0.717, 1.165) is 38.7 Å². The van der Waals surface area contributed by atoms with E-state index in [-0.39, 0.29) is 0 Å². The third-order valence-electron chi connectivity index (χ3n) is 5.53. The summed E-state index contributed by atoms with van der Waals surface area (Å²) in [7, 11) is -2.28. The lowest BCUT2D eigenvalue weighted by molar-refractivity contribution is 0.410. The molecule has 0 saturated carbocycles. The summed E-state index contributed by atoms with van der Waals surface area (Å²) < 4.78 is 13.3. The van der Waals surface area contributed by atoms with E-state index < -0.39 is 10.6 Å². The Morgan fingerprint density at radius 3 is 1.38 bits per heavy atom. The Morgan fingerprint density at radius 1 is 0.688 bits per heavy atom. The zero-order valence-electron chi connectivity index (χ0n) is 33.9. The lowest BCUT2D eigenvalue weighted by Gasteiger charge is -2.43. The minimum absolute atomic E-state index is 0.500. The van der Waals surface area contributed by atoms with Crippen molar-refractivity contribution < 1.29 is 8.37 Å². The van der Waals surface area contributed by atoms with Crippen LogP contribution in [0.3, 0.4) is 0 Å². The molecular weight excluding hydrogens is 605 g/mol. The van der Waals surface area contributed by atoms with E-state index in [2.05, 4.69) is 86.2 Å². The van der Waals surface area contributed by atoms with E-state index in [9.17, 15) is 0 Å². The quantitative estimate of drug-likeness (QED) is 0.148. The average Bonchev–Trinajstić information content (AvgIpc) is 3.09. The van der Waals surface area contributed by atoms with Gasteiger partial charge in [0, 0.05) is 0 Å². The van der Waals surface area contributed by atoms with Crippen molar-refractivity contribution in [2.24, 2.45) is 17.3 Å². The number of hydrogen-bond donors (Lipinski definition) is 0. The van der Waals surface area contributed by atoms with Gasteiger partial charge in [-0.3, -0.25) is 0 Å². The van der Waals surface area contributed by atoms with E-state index in [1.807, 2.05) is 140 Å². The molecule has 0 spiro atoms. The lowest BCUT2D eigenvalue weighted by Crippen LogP contribution is -2.13. The lowest BCUT2D eigenvalue weighted by atomic mass is 10.0. The topological polar surface area (TPSA) is 18.5 Å². The van der Waals surface area contributed by atoms with Crippen LogP contribution in [0.4, 0.5) is 0 Å². The first-order chi connectivity index (χ1) is 22.8. The summed E-state index contributed by atoms with van der Waals surface area (Å²) in [4.78, 5) is 1.99. The minimum atomic E-state index is -2.28. The fraction of sp³-hybridized carbons (Fsp3) is 0.467. The molecule has 3 aromatic carbocycles. The van der Waals surface area contributed by atoms with Crippen molar-refractivity contribution in [2.75, 3.05) is 0 Å². The van der Waals surface area contributed by atoms with Crippen LogP contribution < -0.4 is 4.18 Å². The first kappa shape index (κ1) is 49.2. The summed E-state index contributed by atoms with van der Waals surface area (Å²) >= 11 is 0. The zero-order valence-corrected chi connectivity index (χ0v) is 34.7. The molecule has 0 aromatic heterocycles. The summed E-state index contributed by atoms with van der Waals surface area (Å²) in [6.07, 6.45) is 10.5. The number of allylic oxidation sites excluding steroid dienone is 4. The van der Waals surface area contributed by atoms with Crippen LogP contribution in [-0.2, 0) is 4.18 Å². The highest BCUT2D eigenvalue weighted by atomic mass is 32.3. The van der Waals surface area contributed by atoms with Crippen molar-refractivity contribution in [3.63, 3.8) is 0 Å². The third-order valence-corrected chi connectivity index (χ3v) is 8.24. The van der Waals surface area contributed by atoms with Crippen molar-refractivity contribution in [1.29, 1.82) is 0 Å². The highest BCUT2D eigenvalue weighted by Gasteiger charge is 2.29. The molecule has 0 aliphatic heterocycles. The van der Waals surface area contributed by atoms with E-state index in [4.69, 9.17) is 8.37 Å². The van der Waals surface area contributed by atoms with Gasteiger partial charge in [0.1, 0.15) is 5.76 Å². The molecule has 0 unspecified atom stereocenters. The van der Waals surface area contributed by atoms with Crippen LogP contribution in [0.25, 0.3) is 6.08 Å². The standard InChI is InChI=1S/C26H26O2S.C8H18.C5H12.3C2H6/c1-4-6-13-22(3)27-29(25-14-9-7-10-15-25,26-16-11-8-12-17-26)28-24-20-18-23(5-2)19-21-24;1-7(2)5-6-8(3)4;1-5(2,3)4;3*1-2/h4-21H,2H2,1,3H3;7-8H,5-6H2,1-4H3;1-4H3;3*1-2H3/b6-4-,22-13+;;;;;. The maximum Gasteiger partial charge on any atom is 0.153 e. The second-order valence-electron chi connectivity index (χ2n) is 12.7. The third kappa shape index (κ3) is 24.0. The van der Waals surface area contributed by atoms with E-state index in [1.54, 1.807) is 0 Å². The van der Waals surface area contributed by atoms with Gasteiger partial charge in [-0.05, 0) is 79.1 Å². The maximum atomic E-state index is 6.69. The number of hydrogen-bond acceptors (Lipinski definition) is 2. The Hall–Kier alpha value is -3.17. The van der Waals surface area contributed by atoms with E-state index in [0.29, 0.717) is 5.41 Å². The van der Waals surface area contributed by atoms with Crippen molar-refractivity contribution in [2.45, 2.75) is 133 Å². The van der Waals surface area contributed by atoms with Crippen molar-refractivity contribution in [1.82, 2.24) is 0 Å². The summed E-state index contributed by atoms with van der Waals surface area (Å²) in [6.45, 7) is 37.6. The van der Waals surface area contributed by atoms with Gasteiger partial charge in [-0.2, -0.15) is 0 Å². The molecule has 48 heavy (non-hydrogen) atoms. The highest BCUT2D eigenvalue weighted by molar-refractivity contribution is 8.26. The molecule has 0 heterocycles. The van der Waals surface area contributed by atoms with Gasteiger partial charge in [0.2, 0.25) is 0 Å². The van der Waals surface area contributed by atoms with Crippen LogP contribution in [0, 0.1) is 17.3 Å². The molecule has 0 bridgehead atoms. The largest absolute Gasteiger partial charge is 0.379 e. The van der Waals surface area contributed by atoms with Gasteiger partial charge in [0.15, 0.2) is 5.75 Å². The van der Waals surface area contributed by atoms with Crippen molar-refractivity contribution in [3.8, 4) is 5.75 Å². The van der Waals surface area contributed by atoms with Crippen LogP contribution in [0.1, 0.15) is 129 Å².